The normalized spacial score (nSPS) is 17.5. The molecule has 2 aliphatic heterocycles. The predicted octanol–water partition coefficient (Wildman–Crippen LogP) is 9.80. The highest BCUT2D eigenvalue weighted by Crippen LogP contribution is 2.51. The van der Waals surface area contributed by atoms with E-state index < -0.39 is 10.1 Å². The molecule has 7 heteroatoms. The summed E-state index contributed by atoms with van der Waals surface area (Å²) in [6.07, 6.45) is 18.1. The third kappa shape index (κ3) is 7.62. The number of carbonyl (C=O) groups excluding carboxylic acids is 1. The molecule has 0 saturated carbocycles. The Morgan fingerprint density at radius 2 is 1.38 bits per heavy atom. The van der Waals surface area contributed by atoms with E-state index >= 15 is 0 Å². The lowest BCUT2D eigenvalue weighted by atomic mass is 9.80. The Balaban J connectivity index is 1.26. The molecule has 0 aliphatic carbocycles. The molecule has 0 unspecified atom stereocenters. The summed E-state index contributed by atoms with van der Waals surface area (Å²) < 4.78 is 36.2. The Bertz CT molecular complexity index is 2270. The van der Waals surface area contributed by atoms with Crippen molar-refractivity contribution in [3.63, 3.8) is 0 Å². The Morgan fingerprint density at radius 1 is 0.750 bits per heavy atom. The number of Topliss-reactive ketones (excluding diaryl/α,β-unsaturated/α-hetero) is 1. The summed E-state index contributed by atoms with van der Waals surface area (Å²) in [4.78, 5) is 14.1. The van der Waals surface area contributed by atoms with Crippen molar-refractivity contribution in [1.82, 2.24) is 0 Å². The highest BCUT2D eigenvalue weighted by molar-refractivity contribution is 7.85. The second-order valence-electron chi connectivity index (χ2n) is 15.1. The number of anilines is 1. The molecule has 0 radical (unpaired) electrons. The summed E-state index contributed by atoms with van der Waals surface area (Å²) in [5.74, 6) is -0.109. The van der Waals surface area contributed by atoms with Gasteiger partial charge in [-0.1, -0.05) is 111 Å². The molecular formula is C45H50N2O4S. The fourth-order valence-electron chi connectivity index (χ4n) is 8.03. The average Bonchev–Trinajstić information content (AvgIpc) is 3.46. The number of hydrogen-bond acceptors (Lipinski definition) is 5. The van der Waals surface area contributed by atoms with Gasteiger partial charge in [-0.25, -0.2) is 8.42 Å². The number of unbranched alkanes of at least 4 members (excludes halogenated alkanes) is 2. The number of benzene rings is 4. The van der Waals surface area contributed by atoms with Crippen LogP contribution in [0.2, 0.25) is 0 Å². The lowest BCUT2D eigenvalue weighted by Crippen LogP contribution is -2.28. The maximum Gasteiger partial charge on any atom is 0.217 e. The van der Waals surface area contributed by atoms with Crippen LogP contribution in [0, 0.1) is 0 Å². The maximum absolute atomic E-state index is 11.7. The molecule has 6 nitrogen and oxygen atoms in total. The molecule has 2 aliphatic rings. The van der Waals surface area contributed by atoms with Gasteiger partial charge in [0.25, 0.3) is 0 Å². The first kappa shape index (κ1) is 37.2. The van der Waals surface area contributed by atoms with E-state index in [1.165, 1.54) is 33.3 Å². The van der Waals surface area contributed by atoms with Crippen LogP contribution in [-0.4, -0.2) is 47.9 Å². The Hall–Kier alpha value is -4.59. The first-order chi connectivity index (χ1) is 24.8. The van der Waals surface area contributed by atoms with E-state index in [1.807, 2.05) is 18.2 Å². The molecule has 0 fully saturated rings. The molecule has 0 amide bonds. The quantitative estimate of drug-likeness (QED) is 0.0562. The van der Waals surface area contributed by atoms with Crippen molar-refractivity contribution in [1.29, 1.82) is 0 Å². The van der Waals surface area contributed by atoms with Crippen LogP contribution in [0.25, 0.3) is 21.5 Å². The number of nitrogens with zero attached hydrogens (tertiary/aromatic N) is 2. The standard InChI is InChI=1S/C45H50N2O4S/c1-33(48)19-15-16-30-46-40(44(2,3)38-28-26-34-20-11-13-22-36(34)42(38)46)24-9-7-6-8-10-25-41-45(4,5)39-29-27-35-21-12-14-23-37(35)43(39)47(41)31-17-18-32-52(49,50)51/h6-14,20-29H,15-19,30-32H2,1-5H3. The molecule has 0 spiro atoms. The van der Waals surface area contributed by atoms with Crippen LogP contribution in [0.4, 0.5) is 11.4 Å². The summed E-state index contributed by atoms with van der Waals surface area (Å²) >= 11 is 0. The van der Waals surface area contributed by atoms with Gasteiger partial charge in [-0.15, -0.1) is 0 Å². The molecule has 0 bridgehead atoms. The summed E-state index contributed by atoms with van der Waals surface area (Å²) in [7, 11) is -4.25. The van der Waals surface area contributed by atoms with E-state index in [0.29, 0.717) is 25.8 Å². The van der Waals surface area contributed by atoms with Crippen LogP contribution in [0.1, 0.15) is 77.8 Å². The van der Waals surface area contributed by atoms with Gasteiger partial charge in [0.15, 0.2) is 5.71 Å². The Kier molecular flexibility index (Phi) is 10.8. The van der Waals surface area contributed by atoms with Crippen molar-refractivity contribution in [3.8, 4) is 0 Å². The molecule has 6 rings (SSSR count). The van der Waals surface area contributed by atoms with Crippen molar-refractivity contribution in [2.45, 2.75) is 77.6 Å². The number of hydrogen-bond donors (Lipinski definition) is 0. The molecule has 0 saturated heterocycles. The minimum atomic E-state index is -4.25. The number of ketones is 1. The third-order valence-corrected chi connectivity index (χ3v) is 11.5. The van der Waals surface area contributed by atoms with Crippen LogP contribution >= 0.6 is 0 Å². The van der Waals surface area contributed by atoms with Gasteiger partial charge in [-0.05, 0) is 68.5 Å². The maximum atomic E-state index is 11.7. The minimum absolute atomic E-state index is 0.181. The fourth-order valence-corrected chi connectivity index (χ4v) is 8.59. The Morgan fingerprint density at radius 3 is 2.10 bits per heavy atom. The average molecular weight is 715 g/mol. The van der Waals surface area contributed by atoms with Crippen molar-refractivity contribution in [3.05, 3.63) is 132 Å². The van der Waals surface area contributed by atoms with E-state index in [2.05, 4.69) is 134 Å². The smallest absolute Gasteiger partial charge is 0.217 e. The van der Waals surface area contributed by atoms with E-state index in [1.54, 1.807) is 6.92 Å². The van der Waals surface area contributed by atoms with Crippen LogP contribution in [-0.2, 0) is 25.7 Å². The highest BCUT2D eigenvalue weighted by Gasteiger charge is 2.45. The topological polar surface area (TPSA) is 80.5 Å². The minimum Gasteiger partial charge on any atom is -0.748 e. The number of carbonyl (C=O) groups is 1. The zero-order valence-electron chi connectivity index (χ0n) is 31.1. The first-order valence-electron chi connectivity index (χ1n) is 18.4. The van der Waals surface area contributed by atoms with E-state index in [4.69, 9.17) is 0 Å². The van der Waals surface area contributed by atoms with Crippen LogP contribution < -0.4 is 4.90 Å². The highest BCUT2D eigenvalue weighted by atomic mass is 32.2. The second-order valence-corrected chi connectivity index (χ2v) is 16.6. The van der Waals surface area contributed by atoms with E-state index in [9.17, 15) is 17.8 Å². The molecule has 2 heterocycles. The second kappa shape index (κ2) is 15.2. The third-order valence-electron chi connectivity index (χ3n) is 10.7. The van der Waals surface area contributed by atoms with Gasteiger partial charge in [0, 0.05) is 53.3 Å². The molecule has 0 atom stereocenters. The number of rotatable bonds is 14. The van der Waals surface area contributed by atoms with Crippen LogP contribution in [0.15, 0.2) is 121 Å². The van der Waals surface area contributed by atoms with Gasteiger partial charge in [-0.3, -0.25) is 0 Å². The van der Waals surface area contributed by atoms with Gasteiger partial charge >= 0.3 is 0 Å². The largest absolute Gasteiger partial charge is 0.748 e. The van der Waals surface area contributed by atoms with Crippen molar-refractivity contribution >= 4 is 54.5 Å². The molecule has 4 aromatic rings. The monoisotopic (exact) mass is 714 g/mol. The summed E-state index contributed by atoms with van der Waals surface area (Å²) in [5, 5.41) is 4.80. The summed E-state index contributed by atoms with van der Waals surface area (Å²) in [6, 6.07) is 25.8. The lowest BCUT2D eigenvalue weighted by Gasteiger charge is -2.27. The number of fused-ring (bicyclic) bond motifs is 6. The van der Waals surface area contributed by atoms with Gasteiger partial charge in [-0.2, -0.15) is 4.58 Å². The van der Waals surface area contributed by atoms with Crippen LogP contribution in [0.5, 0.6) is 0 Å². The predicted molar refractivity (Wildman–Crippen MR) is 215 cm³/mol. The zero-order valence-corrected chi connectivity index (χ0v) is 31.9. The molecule has 0 aromatic heterocycles. The van der Waals surface area contributed by atoms with E-state index in [-0.39, 0.29) is 22.4 Å². The van der Waals surface area contributed by atoms with Gasteiger partial charge in [0.05, 0.1) is 26.6 Å². The van der Waals surface area contributed by atoms with E-state index in [0.717, 1.165) is 41.6 Å². The SMILES string of the molecule is CC(=O)CCCCN1/C(=C/C=C/C=C/C=C/C2=[N+](CCCCS(=O)(=O)[O-])c3c(ccc4ccccc34)C2(C)C)C(C)(C)c2ccc3ccccc3c21. The molecule has 52 heavy (non-hydrogen) atoms. The summed E-state index contributed by atoms with van der Waals surface area (Å²) in [5.41, 5.74) is 6.91. The van der Waals surface area contributed by atoms with Crippen molar-refractivity contribution < 1.29 is 22.3 Å². The fraction of sp³-hybridized carbons (Fsp3) is 0.333. The van der Waals surface area contributed by atoms with Gasteiger partial charge < -0.3 is 14.2 Å². The lowest BCUT2D eigenvalue weighted by molar-refractivity contribution is -0.436. The molecule has 0 N–H and O–H groups in total. The van der Waals surface area contributed by atoms with Gasteiger partial charge in [0.1, 0.15) is 12.3 Å². The first-order valence-corrected chi connectivity index (χ1v) is 20.0. The number of allylic oxidation sites excluding steroid dienone is 8. The Labute approximate surface area is 309 Å². The van der Waals surface area contributed by atoms with Crippen molar-refractivity contribution in [2.24, 2.45) is 0 Å². The summed E-state index contributed by atoms with van der Waals surface area (Å²) in [6.45, 7) is 12.2. The molecule has 270 valence electrons. The van der Waals surface area contributed by atoms with Crippen LogP contribution in [0.3, 0.4) is 0 Å². The molecule has 4 aromatic carbocycles. The zero-order chi connectivity index (χ0) is 37.1. The van der Waals surface area contributed by atoms with Gasteiger partial charge in [0.2, 0.25) is 5.69 Å². The van der Waals surface area contributed by atoms with Crippen molar-refractivity contribution in [2.75, 3.05) is 23.7 Å². The molecular weight excluding hydrogens is 665 g/mol.